The van der Waals surface area contributed by atoms with Crippen molar-refractivity contribution in [1.82, 2.24) is 14.7 Å². The van der Waals surface area contributed by atoms with Crippen LogP contribution in [0.4, 0.5) is 33.9 Å². The number of alkyl halides is 3. The van der Waals surface area contributed by atoms with Crippen molar-refractivity contribution in [3.63, 3.8) is 0 Å². The predicted octanol–water partition coefficient (Wildman–Crippen LogP) is 6.22. The number of para-hydroxylation sites is 1. The maximum Gasteiger partial charge on any atom is 0.416 e. The predicted molar refractivity (Wildman–Crippen MR) is 142 cm³/mol. The quantitative estimate of drug-likeness (QED) is 0.351. The van der Waals surface area contributed by atoms with E-state index in [9.17, 15) is 27.6 Å². The van der Waals surface area contributed by atoms with Crippen molar-refractivity contribution >= 4 is 17.5 Å². The van der Waals surface area contributed by atoms with Crippen LogP contribution in [0.3, 0.4) is 0 Å². The number of urea groups is 1. The maximum atomic E-state index is 14.6. The number of aryl methyl sites for hydroxylation is 1. The third-order valence-corrected chi connectivity index (χ3v) is 7.75. The number of nitriles is 1. The topological polar surface area (TPSA) is 68.4 Å². The first-order valence-corrected chi connectivity index (χ1v) is 13.1. The molecule has 2 amide bonds. The van der Waals surface area contributed by atoms with E-state index in [1.165, 1.54) is 33.8 Å². The molecule has 3 aromatic rings. The van der Waals surface area contributed by atoms with Gasteiger partial charge in [-0.25, -0.2) is 9.18 Å². The van der Waals surface area contributed by atoms with Crippen molar-refractivity contribution in [1.29, 1.82) is 5.26 Å². The van der Waals surface area contributed by atoms with Gasteiger partial charge in [0.15, 0.2) is 5.82 Å². The molecule has 40 heavy (non-hydrogen) atoms. The van der Waals surface area contributed by atoms with Crippen LogP contribution in [0.1, 0.15) is 48.9 Å². The van der Waals surface area contributed by atoms with E-state index in [4.69, 9.17) is 0 Å². The molecule has 2 aliphatic heterocycles. The smallest absolute Gasteiger partial charge is 0.369 e. The van der Waals surface area contributed by atoms with Crippen LogP contribution in [0, 0.1) is 24.1 Å². The first-order chi connectivity index (χ1) is 18.9. The normalized spacial score (nSPS) is 16.8. The Bertz CT molecular complexity index is 1450. The summed E-state index contributed by atoms with van der Waals surface area (Å²) < 4.78 is 57.5. The van der Waals surface area contributed by atoms with Gasteiger partial charge in [-0.1, -0.05) is 30.3 Å². The number of rotatable bonds is 5. The lowest BCUT2D eigenvalue weighted by molar-refractivity contribution is -0.138. The second kappa shape index (κ2) is 10.2. The van der Waals surface area contributed by atoms with Crippen LogP contribution in [0.5, 0.6) is 0 Å². The summed E-state index contributed by atoms with van der Waals surface area (Å²) in [6.45, 7) is 6.16. The molecule has 1 aromatic heterocycles. The van der Waals surface area contributed by atoms with Crippen molar-refractivity contribution < 1.29 is 22.4 Å². The number of carbonyl (C=O) groups excluding carboxylic acids is 1. The lowest BCUT2D eigenvalue weighted by atomic mass is 10.00. The van der Waals surface area contributed by atoms with E-state index in [0.29, 0.717) is 37.2 Å². The van der Waals surface area contributed by atoms with Gasteiger partial charge < -0.3 is 9.80 Å². The van der Waals surface area contributed by atoms with Gasteiger partial charge in [-0.2, -0.15) is 23.5 Å². The molecule has 2 aliphatic rings. The molecule has 3 heterocycles. The number of amides is 2. The highest BCUT2D eigenvalue weighted by atomic mass is 19.4. The summed E-state index contributed by atoms with van der Waals surface area (Å²) in [7, 11) is 0. The Hall–Kier alpha value is -4.07. The molecular formula is C29H30F4N6O. The van der Waals surface area contributed by atoms with Crippen LogP contribution in [-0.2, 0) is 24.8 Å². The van der Waals surface area contributed by atoms with Crippen molar-refractivity contribution in [2.24, 2.45) is 0 Å². The maximum absolute atomic E-state index is 14.6. The molecule has 7 nitrogen and oxygen atoms in total. The van der Waals surface area contributed by atoms with Crippen LogP contribution in [-0.4, -0.2) is 39.8 Å². The number of piperidine rings is 1. The number of anilines is 2. The molecule has 1 fully saturated rings. The van der Waals surface area contributed by atoms with E-state index in [2.05, 4.69) is 11.2 Å². The van der Waals surface area contributed by atoms with E-state index >= 15 is 0 Å². The largest absolute Gasteiger partial charge is 0.416 e. The average molecular weight is 555 g/mol. The molecule has 0 bridgehead atoms. The van der Waals surface area contributed by atoms with Crippen LogP contribution in [0.15, 0.2) is 48.7 Å². The fourth-order valence-electron chi connectivity index (χ4n) is 5.53. The van der Waals surface area contributed by atoms with Gasteiger partial charge >= 0.3 is 12.2 Å². The molecule has 0 unspecified atom stereocenters. The van der Waals surface area contributed by atoms with Crippen LogP contribution >= 0.6 is 0 Å². The van der Waals surface area contributed by atoms with Gasteiger partial charge in [0, 0.05) is 30.9 Å². The Morgan fingerprint density at radius 1 is 1.07 bits per heavy atom. The number of hydrogen-bond donors (Lipinski definition) is 0. The zero-order valence-corrected chi connectivity index (χ0v) is 22.5. The number of aromatic nitrogens is 2. The van der Waals surface area contributed by atoms with Crippen LogP contribution in [0.25, 0.3) is 0 Å². The number of carbonyl (C=O) groups is 1. The summed E-state index contributed by atoms with van der Waals surface area (Å²) in [5.41, 5.74) is 0.156. The van der Waals surface area contributed by atoms with Crippen molar-refractivity contribution in [2.75, 3.05) is 22.9 Å². The Balaban J connectivity index is 1.46. The lowest BCUT2D eigenvalue weighted by Crippen LogP contribution is -2.54. The molecule has 0 saturated carbocycles. The molecule has 1 saturated heterocycles. The highest BCUT2D eigenvalue weighted by molar-refractivity contribution is 5.94. The molecule has 2 aromatic carbocycles. The summed E-state index contributed by atoms with van der Waals surface area (Å²) in [5.74, 6) is -0.0415. The minimum atomic E-state index is -4.59. The standard InChI is InChI=1S/C29H30F4N6O/c1-19-7-6-10-24(30)25(19)36-13-11-22(12-14-36)37-16-21-17-39(28(2,3)18-34)35-26(21)38(27(37)40)15-20-8-4-5-9-23(20)29(31,32)33/h4-10,17,22H,11-16H2,1-3H3. The molecule has 0 atom stereocenters. The minimum Gasteiger partial charge on any atom is -0.369 e. The van der Waals surface area contributed by atoms with Crippen LogP contribution < -0.4 is 9.80 Å². The highest BCUT2D eigenvalue weighted by Gasteiger charge is 2.41. The second-order valence-electron chi connectivity index (χ2n) is 10.9. The summed E-state index contributed by atoms with van der Waals surface area (Å²) in [6.07, 6.45) is -1.75. The van der Waals surface area contributed by atoms with Crippen molar-refractivity contribution in [3.05, 3.63) is 76.7 Å². The SMILES string of the molecule is Cc1cccc(F)c1N1CCC(N2Cc3cn(C(C)(C)C#N)nc3N(Cc3ccccc3C(F)(F)F)C2=O)CC1. The Kier molecular flexibility index (Phi) is 6.98. The monoisotopic (exact) mass is 554 g/mol. The highest BCUT2D eigenvalue weighted by Crippen LogP contribution is 2.37. The molecule has 0 radical (unpaired) electrons. The first-order valence-electron chi connectivity index (χ1n) is 13.1. The second-order valence-corrected chi connectivity index (χ2v) is 10.9. The molecule has 0 N–H and O–H groups in total. The van der Waals surface area contributed by atoms with E-state index in [-0.39, 0.29) is 36.3 Å². The van der Waals surface area contributed by atoms with Gasteiger partial charge in [0.25, 0.3) is 0 Å². The Morgan fingerprint density at radius 3 is 2.42 bits per heavy atom. The van der Waals surface area contributed by atoms with Crippen LogP contribution in [0.2, 0.25) is 0 Å². The molecule has 0 spiro atoms. The van der Waals surface area contributed by atoms with E-state index in [1.807, 2.05) is 17.9 Å². The Labute approximate surface area is 230 Å². The van der Waals surface area contributed by atoms with E-state index in [0.717, 1.165) is 11.6 Å². The van der Waals surface area contributed by atoms with Gasteiger partial charge in [0.1, 0.15) is 11.4 Å². The third kappa shape index (κ3) is 4.98. The minimum absolute atomic E-state index is 0.0462. The number of nitrogens with zero attached hydrogens (tertiary/aromatic N) is 6. The summed E-state index contributed by atoms with van der Waals surface area (Å²) in [4.78, 5) is 18.9. The third-order valence-electron chi connectivity index (χ3n) is 7.75. The fourth-order valence-corrected chi connectivity index (χ4v) is 5.53. The molecular weight excluding hydrogens is 524 g/mol. The van der Waals surface area contributed by atoms with Gasteiger partial charge in [0.2, 0.25) is 0 Å². The summed E-state index contributed by atoms with van der Waals surface area (Å²) in [5, 5.41) is 14.1. The van der Waals surface area contributed by atoms with E-state index < -0.39 is 23.3 Å². The molecule has 5 rings (SSSR count). The van der Waals surface area contributed by atoms with Gasteiger partial charge in [-0.15, -0.1) is 0 Å². The van der Waals surface area contributed by atoms with Gasteiger partial charge in [0.05, 0.1) is 30.4 Å². The lowest BCUT2D eigenvalue weighted by Gasteiger charge is -2.43. The fraction of sp³-hybridized carbons (Fsp3) is 0.414. The summed E-state index contributed by atoms with van der Waals surface area (Å²) >= 11 is 0. The number of halogens is 4. The van der Waals surface area contributed by atoms with E-state index in [1.54, 1.807) is 31.0 Å². The molecule has 210 valence electrons. The first kappa shape index (κ1) is 27.5. The zero-order valence-electron chi connectivity index (χ0n) is 22.5. The zero-order chi connectivity index (χ0) is 28.8. The van der Waals surface area contributed by atoms with Crippen molar-refractivity contribution in [3.8, 4) is 6.07 Å². The molecule has 0 aliphatic carbocycles. The van der Waals surface area contributed by atoms with Gasteiger partial charge in [-0.3, -0.25) is 9.58 Å². The number of fused-ring (bicyclic) bond motifs is 1. The number of benzene rings is 2. The summed E-state index contributed by atoms with van der Waals surface area (Å²) in [6, 6.07) is 11.7. The average Bonchev–Trinajstić information content (AvgIpc) is 3.35. The number of hydrogen-bond acceptors (Lipinski definition) is 4. The van der Waals surface area contributed by atoms with Gasteiger partial charge in [-0.05, 0) is 56.9 Å². The Morgan fingerprint density at radius 2 is 1.77 bits per heavy atom. The van der Waals surface area contributed by atoms with Crippen molar-refractivity contribution in [2.45, 2.75) is 64.5 Å². The molecule has 11 heteroatoms.